The first-order valence-electron chi connectivity index (χ1n) is 6.46. The fourth-order valence-electron chi connectivity index (χ4n) is 2.43. The van der Waals surface area contributed by atoms with Crippen LogP contribution in [0.4, 0.5) is 11.4 Å². The van der Waals surface area contributed by atoms with E-state index < -0.39 is 14.9 Å². The third-order valence-electron chi connectivity index (χ3n) is 3.46. The van der Waals surface area contributed by atoms with Crippen LogP contribution < -0.4 is 10.5 Å². The molecule has 0 amide bonds. The minimum atomic E-state index is -3.94. The largest absolute Gasteiger partial charge is 0.377 e. The molecule has 1 aliphatic carbocycles. The third kappa shape index (κ3) is 3.45. The second kappa shape index (κ2) is 5.76. The molecule has 0 radical (unpaired) electrons. The van der Waals surface area contributed by atoms with Gasteiger partial charge in [-0.05, 0) is 25.0 Å². The first kappa shape index (κ1) is 14.7. The molecule has 0 aromatic heterocycles. The SMILES string of the molecule is NS(=O)(=O)c1ccc(NC2CCCCC2)c([N+](=O)[O-])c1. The normalized spacial score (nSPS) is 16.9. The highest BCUT2D eigenvalue weighted by Gasteiger charge is 2.21. The molecule has 0 heterocycles. The maximum absolute atomic E-state index is 11.2. The summed E-state index contributed by atoms with van der Waals surface area (Å²) in [7, 11) is -3.94. The Hall–Kier alpha value is -1.67. The van der Waals surface area contributed by atoms with Crippen LogP contribution in [0.1, 0.15) is 32.1 Å². The summed E-state index contributed by atoms with van der Waals surface area (Å²) in [5.74, 6) is 0. The molecule has 1 aromatic rings. The van der Waals surface area contributed by atoms with Crippen molar-refractivity contribution in [3.05, 3.63) is 28.3 Å². The van der Waals surface area contributed by atoms with Gasteiger partial charge >= 0.3 is 0 Å². The zero-order valence-electron chi connectivity index (χ0n) is 10.9. The summed E-state index contributed by atoms with van der Waals surface area (Å²) >= 11 is 0. The van der Waals surface area contributed by atoms with Crippen molar-refractivity contribution in [1.82, 2.24) is 0 Å². The van der Waals surface area contributed by atoms with E-state index in [-0.39, 0.29) is 16.6 Å². The van der Waals surface area contributed by atoms with Gasteiger partial charge in [0.2, 0.25) is 10.0 Å². The maximum Gasteiger partial charge on any atom is 0.293 e. The Bertz CT molecular complexity index is 609. The van der Waals surface area contributed by atoms with Gasteiger partial charge in [-0.15, -0.1) is 0 Å². The molecular weight excluding hydrogens is 282 g/mol. The van der Waals surface area contributed by atoms with Crippen LogP contribution in [0.15, 0.2) is 23.1 Å². The Morgan fingerprint density at radius 1 is 1.25 bits per heavy atom. The van der Waals surface area contributed by atoms with E-state index in [9.17, 15) is 18.5 Å². The van der Waals surface area contributed by atoms with Gasteiger partial charge in [0.05, 0.1) is 9.82 Å². The van der Waals surface area contributed by atoms with Crippen LogP contribution >= 0.6 is 0 Å². The number of rotatable bonds is 4. The van der Waals surface area contributed by atoms with E-state index in [4.69, 9.17) is 5.14 Å². The van der Waals surface area contributed by atoms with Crippen LogP contribution in [0.25, 0.3) is 0 Å². The molecule has 1 aromatic carbocycles. The smallest absolute Gasteiger partial charge is 0.293 e. The third-order valence-corrected chi connectivity index (χ3v) is 4.37. The van der Waals surface area contributed by atoms with Crippen molar-refractivity contribution in [2.45, 2.75) is 43.0 Å². The van der Waals surface area contributed by atoms with Crippen LogP contribution in [-0.2, 0) is 10.0 Å². The number of hydrogen-bond acceptors (Lipinski definition) is 5. The van der Waals surface area contributed by atoms with Gasteiger partial charge in [-0.3, -0.25) is 10.1 Å². The van der Waals surface area contributed by atoms with Gasteiger partial charge in [0.25, 0.3) is 5.69 Å². The van der Waals surface area contributed by atoms with E-state index >= 15 is 0 Å². The number of hydrogen-bond donors (Lipinski definition) is 2. The van der Waals surface area contributed by atoms with E-state index in [2.05, 4.69) is 5.32 Å². The fraction of sp³-hybridized carbons (Fsp3) is 0.500. The molecular formula is C12H17N3O4S. The molecule has 0 unspecified atom stereocenters. The van der Waals surface area contributed by atoms with Gasteiger partial charge in [0, 0.05) is 12.1 Å². The second-order valence-electron chi connectivity index (χ2n) is 4.96. The Morgan fingerprint density at radius 2 is 1.90 bits per heavy atom. The molecule has 1 saturated carbocycles. The summed E-state index contributed by atoms with van der Waals surface area (Å²) < 4.78 is 22.5. The molecule has 0 atom stereocenters. The zero-order chi connectivity index (χ0) is 14.8. The Labute approximate surface area is 117 Å². The molecule has 8 heteroatoms. The van der Waals surface area contributed by atoms with Crippen molar-refractivity contribution in [2.24, 2.45) is 5.14 Å². The Kier molecular flexibility index (Phi) is 4.24. The quantitative estimate of drug-likeness (QED) is 0.651. The van der Waals surface area contributed by atoms with Crippen molar-refractivity contribution in [2.75, 3.05) is 5.32 Å². The van der Waals surface area contributed by atoms with Gasteiger partial charge < -0.3 is 5.32 Å². The number of nitrogens with zero attached hydrogens (tertiary/aromatic N) is 1. The van der Waals surface area contributed by atoms with E-state index in [1.807, 2.05) is 0 Å². The number of benzene rings is 1. The lowest BCUT2D eigenvalue weighted by Crippen LogP contribution is -2.23. The molecule has 3 N–H and O–H groups in total. The number of nitro groups is 1. The number of anilines is 1. The van der Waals surface area contributed by atoms with Gasteiger partial charge in [0.1, 0.15) is 5.69 Å². The first-order valence-corrected chi connectivity index (χ1v) is 8.00. The number of nitro benzene ring substituents is 1. The summed E-state index contributed by atoms with van der Waals surface area (Å²) in [6, 6.07) is 3.89. The monoisotopic (exact) mass is 299 g/mol. The van der Waals surface area contributed by atoms with E-state index in [1.165, 1.54) is 18.6 Å². The van der Waals surface area contributed by atoms with E-state index in [1.54, 1.807) is 0 Å². The van der Waals surface area contributed by atoms with Crippen LogP contribution in [-0.4, -0.2) is 19.4 Å². The summed E-state index contributed by atoms with van der Waals surface area (Å²) in [6.07, 6.45) is 5.31. The molecule has 7 nitrogen and oxygen atoms in total. The van der Waals surface area contributed by atoms with Crippen molar-refractivity contribution in [3.63, 3.8) is 0 Å². The van der Waals surface area contributed by atoms with Crippen LogP contribution in [0.2, 0.25) is 0 Å². The Morgan fingerprint density at radius 3 is 2.45 bits per heavy atom. The summed E-state index contributed by atoms with van der Waals surface area (Å²) in [5, 5.41) is 19.2. The van der Waals surface area contributed by atoms with Crippen LogP contribution in [0, 0.1) is 10.1 Å². The molecule has 0 saturated heterocycles. The first-order chi connectivity index (χ1) is 9.38. The topological polar surface area (TPSA) is 115 Å². The van der Waals surface area contributed by atoms with Crippen molar-refractivity contribution < 1.29 is 13.3 Å². The maximum atomic E-state index is 11.2. The molecule has 110 valence electrons. The predicted molar refractivity (Wildman–Crippen MR) is 75.0 cm³/mol. The van der Waals surface area contributed by atoms with Gasteiger partial charge in [0.15, 0.2) is 0 Å². The molecule has 0 bridgehead atoms. The molecule has 2 rings (SSSR count). The average Bonchev–Trinajstić information content (AvgIpc) is 2.38. The number of nitrogens with two attached hydrogens (primary N) is 1. The van der Waals surface area contributed by atoms with Crippen LogP contribution in [0.3, 0.4) is 0 Å². The average molecular weight is 299 g/mol. The lowest BCUT2D eigenvalue weighted by molar-refractivity contribution is -0.384. The highest BCUT2D eigenvalue weighted by atomic mass is 32.2. The lowest BCUT2D eigenvalue weighted by atomic mass is 9.95. The summed E-state index contributed by atoms with van der Waals surface area (Å²) in [6.45, 7) is 0. The predicted octanol–water partition coefficient (Wildman–Crippen LogP) is 1.99. The molecule has 20 heavy (non-hydrogen) atoms. The number of primary sulfonamides is 1. The minimum absolute atomic E-state index is 0.197. The minimum Gasteiger partial charge on any atom is -0.377 e. The van der Waals surface area contributed by atoms with Gasteiger partial charge in [-0.1, -0.05) is 19.3 Å². The summed E-state index contributed by atoms with van der Waals surface area (Å²) in [4.78, 5) is 10.2. The summed E-state index contributed by atoms with van der Waals surface area (Å²) in [5.41, 5.74) is 0.0800. The van der Waals surface area contributed by atoms with Gasteiger partial charge in [-0.2, -0.15) is 0 Å². The molecule has 1 aliphatic rings. The second-order valence-corrected chi connectivity index (χ2v) is 6.52. The van der Waals surface area contributed by atoms with E-state index in [0.717, 1.165) is 31.7 Å². The number of nitrogens with one attached hydrogen (secondary N) is 1. The van der Waals surface area contributed by atoms with E-state index in [0.29, 0.717) is 5.69 Å². The number of sulfonamides is 1. The van der Waals surface area contributed by atoms with Crippen LogP contribution in [0.5, 0.6) is 0 Å². The highest BCUT2D eigenvalue weighted by molar-refractivity contribution is 7.89. The van der Waals surface area contributed by atoms with Crippen molar-refractivity contribution in [1.29, 1.82) is 0 Å². The fourth-order valence-corrected chi connectivity index (χ4v) is 2.96. The molecule has 1 fully saturated rings. The van der Waals surface area contributed by atoms with Gasteiger partial charge in [-0.25, -0.2) is 13.6 Å². The van der Waals surface area contributed by atoms with Crippen molar-refractivity contribution in [3.8, 4) is 0 Å². The highest BCUT2D eigenvalue weighted by Crippen LogP contribution is 2.30. The van der Waals surface area contributed by atoms with Crippen molar-refractivity contribution >= 4 is 21.4 Å². The molecule has 0 spiro atoms. The Balaban J connectivity index is 2.30. The standard InChI is InChI=1S/C12H17N3O4S/c13-20(18,19)10-6-7-11(12(8-10)15(16)17)14-9-4-2-1-3-5-9/h6-9,14H,1-5H2,(H2,13,18,19). The lowest BCUT2D eigenvalue weighted by Gasteiger charge is -2.23. The molecule has 0 aliphatic heterocycles. The zero-order valence-corrected chi connectivity index (χ0v) is 11.7.